The molecule has 12 heteroatoms. The van der Waals surface area contributed by atoms with Crippen molar-refractivity contribution in [3.63, 3.8) is 0 Å². The van der Waals surface area contributed by atoms with Crippen LogP contribution in [0.2, 0.25) is 0 Å². The maximum Gasteiger partial charge on any atom is 0.329 e. The lowest BCUT2D eigenvalue weighted by molar-refractivity contribution is -0.862. The number of ether oxygens (including phenoxy) is 1. The van der Waals surface area contributed by atoms with E-state index in [1.807, 2.05) is 27.2 Å². The third-order valence-electron chi connectivity index (χ3n) is 4.46. The number of rotatable bonds is 14. The first-order valence-electron chi connectivity index (χ1n) is 10.8. The first-order valence-corrected chi connectivity index (χ1v) is 10.8. The van der Waals surface area contributed by atoms with Crippen molar-refractivity contribution >= 4 is 29.7 Å². The Bertz CT molecular complexity index is 864. The fourth-order valence-electron chi connectivity index (χ4n) is 3.00. The Morgan fingerprint density at radius 1 is 1.00 bits per heavy atom. The lowest BCUT2D eigenvalue weighted by Crippen LogP contribution is -2.55. The predicted molar refractivity (Wildman–Crippen MR) is 127 cm³/mol. The number of nitrogens with one attached hydrogen (secondary N) is 2. The van der Waals surface area contributed by atoms with Gasteiger partial charge in [0.05, 0.1) is 21.1 Å². The van der Waals surface area contributed by atoms with Crippen LogP contribution in [0.3, 0.4) is 0 Å². The van der Waals surface area contributed by atoms with Gasteiger partial charge in [-0.25, -0.2) is 4.79 Å². The van der Waals surface area contributed by atoms with E-state index >= 15 is 0 Å². The molecule has 0 bridgehead atoms. The van der Waals surface area contributed by atoms with Gasteiger partial charge in [0.2, 0.25) is 5.91 Å². The van der Waals surface area contributed by atoms with Crippen LogP contribution >= 0.6 is 0 Å². The summed E-state index contributed by atoms with van der Waals surface area (Å²) in [6.45, 7) is -0.195. The first kappa shape index (κ1) is 28.4. The lowest BCUT2D eigenvalue weighted by Gasteiger charge is -2.26. The smallest absolute Gasteiger partial charge is 0.329 e. The Balaban J connectivity index is 2.99. The van der Waals surface area contributed by atoms with Gasteiger partial charge in [0.15, 0.2) is 19.1 Å². The van der Waals surface area contributed by atoms with Crippen LogP contribution in [0.25, 0.3) is 0 Å². The van der Waals surface area contributed by atoms with Crippen LogP contribution < -0.4 is 27.8 Å². The molecule has 1 rings (SSSR count). The van der Waals surface area contributed by atoms with Crippen molar-refractivity contribution in [1.29, 1.82) is 0 Å². The molecule has 0 unspecified atom stereocenters. The van der Waals surface area contributed by atoms with E-state index in [2.05, 4.69) is 15.6 Å². The van der Waals surface area contributed by atoms with Gasteiger partial charge in [0.1, 0.15) is 12.1 Å². The quantitative estimate of drug-likeness (QED) is 0.0670. The van der Waals surface area contributed by atoms with Gasteiger partial charge in [-0.2, -0.15) is 0 Å². The fraction of sp³-hybridized carbons (Fsp3) is 0.500. The van der Waals surface area contributed by atoms with Crippen molar-refractivity contribution in [2.24, 2.45) is 22.2 Å². The third kappa shape index (κ3) is 12.4. The minimum atomic E-state index is -1.09. The van der Waals surface area contributed by atoms with E-state index in [9.17, 15) is 19.2 Å². The van der Waals surface area contributed by atoms with Crippen LogP contribution in [0, 0.1) is 0 Å². The molecule has 0 heterocycles. The van der Waals surface area contributed by atoms with Gasteiger partial charge in [0.25, 0.3) is 11.8 Å². The van der Waals surface area contributed by atoms with Crippen LogP contribution in [-0.2, 0) is 30.3 Å². The zero-order valence-electron chi connectivity index (χ0n) is 20.0. The second-order valence-electron chi connectivity index (χ2n) is 8.84. The summed E-state index contributed by atoms with van der Waals surface area (Å²) in [5.41, 5.74) is 16.5. The number of amides is 3. The van der Waals surface area contributed by atoms with Crippen molar-refractivity contribution in [2.75, 3.05) is 40.8 Å². The number of nitrogens with two attached hydrogens (primary N) is 3. The molecule has 0 saturated heterocycles. The third-order valence-corrected chi connectivity index (χ3v) is 4.46. The highest BCUT2D eigenvalue weighted by atomic mass is 16.5. The molecule has 1 aromatic carbocycles. The fourth-order valence-corrected chi connectivity index (χ4v) is 3.00. The van der Waals surface area contributed by atoms with Crippen molar-refractivity contribution in [3.05, 3.63) is 35.9 Å². The molecule has 8 N–H and O–H groups in total. The van der Waals surface area contributed by atoms with Crippen LogP contribution in [0.4, 0.5) is 0 Å². The number of nitrogens with zero attached hydrogens (tertiary/aromatic N) is 2. The number of aliphatic imine (C=N–C) groups is 1. The van der Waals surface area contributed by atoms with Crippen LogP contribution in [0.5, 0.6) is 0 Å². The molecule has 0 aliphatic heterocycles. The Hall–Kier alpha value is -3.67. The highest BCUT2D eigenvalue weighted by Crippen LogP contribution is 2.07. The summed E-state index contributed by atoms with van der Waals surface area (Å²) in [4.78, 5) is 53.1. The van der Waals surface area contributed by atoms with Crippen molar-refractivity contribution in [1.82, 2.24) is 10.6 Å². The zero-order chi connectivity index (χ0) is 25.7. The molecule has 188 valence electrons. The van der Waals surface area contributed by atoms with E-state index in [0.29, 0.717) is 10.9 Å². The maximum atomic E-state index is 13.1. The van der Waals surface area contributed by atoms with Crippen LogP contribution in [0.15, 0.2) is 35.3 Å². The molecular weight excluding hydrogens is 442 g/mol. The molecule has 0 aliphatic carbocycles. The molecule has 2 atom stereocenters. The summed E-state index contributed by atoms with van der Waals surface area (Å²) in [6.07, 6.45) is 0.772. The van der Waals surface area contributed by atoms with Crippen LogP contribution in [0.1, 0.15) is 18.4 Å². The molecule has 0 aliphatic rings. The monoisotopic (exact) mass is 478 g/mol. The molecule has 1 aromatic rings. The summed E-state index contributed by atoms with van der Waals surface area (Å²) in [6, 6.07) is 6.95. The number of quaternary nitrogens is 1. The van der Waals surface area contributed by atoms with Gasteiger partial charge in [-0.3, -0.25) is 19.4 Å². The number of primary amides is 1. The average Bonchev–Trinajstić information content (AvgIpc) is 2.72. The number of carbonyl (C=O) groups is 4. The van der Waals surface area contributed by atoms with Crippen molar-refractivity contribution in [2.45, 2.75) is 31.3 Å². The summed E-state index contributed by atoms with van der Waals surface area (Å²) >= 11 is 0. The van der Waals surface area contributed by atoms with E-state index in [1.54, 1.807) is 24.3 Å². The lowest BCUT2D eigenvalue weighted by atomic mass is 10.0. The predicted octanol–water partition coefficient (Wildman–Crippen LogP) is -2.01. The maximum absolute atomic E-state index is 13.1. The molecule has 3 amide bonds. The van der Waals surface area contributed by atoms with E-state index < -0.39 is 36.5 Å². The average molecular weight is 479 g/mol. The number of carbonyl (C=O) groups excluding carboxylic acids is 4. The van der Waals surface area contributed by atoms with Gasteiger partial charge in [-0.1, -0.05) is 30.3 Å². The molecule has 0 fully saturated rings. The van der Waals surface area contributed by atoms with E-state index in [1.165, 1.54) is 0 Å². The highest BCUT2D eigenvalue weighted by Gasteiger charge is 2.29. The standard InChI is InChI=1S/C22H35N7O5/c1-29(2,3)13-19(31)27-16(10-7-11-26-22(24)25)20(32)28-17(21(33)34-14-18(23)30)12-15-8-5-4-6-9-15/h4-6,8-9,16-17H,7,10-14H2,1-3H3,(H7-,23,24,25,26,27,28,30,31,32)/p+1/t16-,17-/m0/s1. The normalized spacial score (nSPS) is 12.7. The van der Waals surface area contributed by atoms with Gasteiger partial charge in [0, 0.05) is 13.0 Å². The van der Waals surface area contributed by atoms with Crippen molar-refractivity contribution in [3.8, 4) is 0 Å². The summed E-state index contributed by atoms with van der Waals surface area (Å²) in [7, 11) is 5.54. The highest BCUT2D eigenvalue weighted by molar-refractivity contribution is 5.91. The number of likely N-dealkylation sites (N-methyl/N-ethyl adjacent to an activating group) is 1. The molecular formula is C22H36N7O5+. The molecule has 0 saturated carbocycles. The van der Waals surface area contributed by atoms with E-state index in [4.69, 9.17) is 21.9 Å². The SMILES string of the molecule is C[N+](C)(C)CC(=O)N[C@@H](CCCN=C(N)N)C(=O)N[C@@H](Cc1ccccc1)C(=O)OCC(N)=O. The minimum Gasteiger partial charge on any atom is -0.454 e. The van der Waals surface area contributed by atoms with Gasteiger partial charge in [-0.05, 0) is 18.4 Å². The summed E-state index contributed by atoms with van der Waals surface area (Å²) < 4.78 is 5.29. The van der Waals surface area contributed by atoms with Gasteiger partial charge >= 0.3 is 5.97 Å². The second-order valence-corrected chi connectivity index (χ2v) is 8.84. The molecule has 0 radical (unpaired) electrons. The number of esters is 1. The Kier molecular flexibility index (Phi) is 11.5. The minimum absolute atomic E-state index is 0.0739. The molecule has 0 spiro atoms. The topological polar surface area (TPSA) is 192 Å². The van der Waals surface area contributed by atoms with Gasteiger partial charge in [-0.15, -0.1) is 0 Å². The second kappa shape index (κ2) is 13.8. The molecule has 0 aromatic heterocycles. The number of benzene rings is 1. The first-order chi connectivity index (χ1) is 15.9. The van der Waals surface area contributed by atoms with Gasteiger partial charge < -0.3 is 37.1 Å². The van der Waals surface area contributed by atoms with E-state index in [-0.39, 0.29) is 37.8 Å². The Morgan fingerprint density at radius 3 is 2.21 bits per heavy atom. The largest absolute Gasteiger partial charge is 0.454 e. The summed E-state index contributed by atoms with van der Waals surface area (Å²) in [5.74, 6) is -2.60. The molecule has 34 heavy (non-hydrogen) atoms. The summed E-state index contributed by atoms with van der Waals surface area (Å²) in [5, 5.41) is 5.35. The Morgan fingerprint density at radius 2 is 1.65 bits per heavy atom. The number of hydrogen-bond acceptors (Lipinski definition) is 6. The van der Waals surface area contributed by atoms with E-state index in [0.717, 1.165) is 5.56 Å². The molecule has 12 nitrogen and oxygen atoms in total. The number of guanidine groups is 1. The zero-order valence-corrected chi connectivity index (χ0v) is 20.0. The number of hydrogen-bond donors (Lipinski definition) is 5. The van der Waals surface area contributed by atoms with Crippen molar-refractivity contribution < 1.29 is 28.4 Å². The van der Waals surface area contributed by atoms with Crippen LogP contribution in [-0.4, -0.2) is 87.1 Å². The Labute approximate surface area is 199 Å².